The maximum atomic E-state index is 11.7. The summed E-state index contributed by atoms with van der Waals surface area (Å²) in [4.78, 5) is 23.1. The summed E-state index contributed by atoms with van der Waals surface area (Å²) in [6.07, 6.45) is -0.659. The topological polar surface area (TPSA) is 90.6 Å². The molecule has 1 amide bonds. The van der Waals surface area contributed by atoms with E-state index in [0.29, 0.717) is 0 Å². The molecule has 0 saturated heterocycles. The molecule has 0 fully saturated rings. The van der Waals surface area contributed by atoms with Crippen LogP contribution < -0.4 is 11.1 Å². The van der Waals surface area contributed by atoms with Gasteiger partial charge >= 0.3 is 6.09 Å². The van der Waals surface area contributed by atoms with Crippen molar-refractivity contribution in [3.8, 4) is 0 Å². The highest BCUT2D eigenvalue weighted by Gasteiger charge is 2.25. The molecule has 6 nitrogen and oxygen atoms in total. The maximum Gasteiger partial charge on any atom is 0.408 e. The number of ether oxygens (including phenoxy) is 2. The Hall–Kier alpha value is -1.14. The first-order chi connectivity index (χ1) is 7.67. The molecular formula is C11H22N2O4. The average molecular weight is 246 g/mol. The third-order valence-corrected chi connectivity index (χ3v) is 1.82. The van der Waals surface area contributed by atoms with Gasteiger partial charge in [0.1, 0.15) is 11.6 Å². The van der Waals surface area contributed by atoms with Crippen LogP contribution in [0.4, 0.5) is 4.79 Å². The Kier molecular flexibility index (Phi) is 6.12. The number of rotatable bonds is 5. The van der Waals surface area contributed by atoms with E-state index in [0.717, 1.165) is 0 Å². The van der Waals surface area contributed by atoms with Crippen LogP contribution in [-0.2, 0) is 14.3 Å². The molecule has 1 unspecified atom stereocenters. The zero-order chi connectivity index (χ0) is 13.6. The molecule has 0 aromatic rings. The highest BCUT2D eigenvalue weighted by molar-refractivity contribution is 5.91. The Morgan fingerprint density at radius 1 is 1.35 bits per heavy atom. The molecule has 0 saturated carbocycles. The lowest BCUT2D eigenvalue weighted by molar-refractivity contribution is -0.123. The second-order valence-electron chi connectivity index (χ2n) is 4.85. The van der Waals surface area contributed by atoms with Gasteiger partial charge in [0.15, 0.2) is 5.78 Å². The number of methoxy groups -OCH3 is 1. The molecule has 2 atom stereocenters. The number of ketones is 1. The van der Waals surface area contributed by atoms with Gasteiger partial charge in [-0.3, -0.25) is 4.79 Å². The number of nitrogens with two attached hydrogens (primary N) is 1. The molecule has 0 aromatic heterocycles. The minimum Gasteiger partial charge on any atom is -0.444 e. The molecule has 17 heavy (non-hydrogen) atoms. The fraction of sp³-hybridized carbons (Fsp3) is 0.818. The van der Waals surface area contributed by atoms with Crippen molar-refractivity contribution < 1.29 is 19.1 Å². The number of alkyl carbamates (subject to hydrolysis) is 1. The lowest BCUT2D eigenvalue weighted by Gasteiger charge is -2.23. The summed E-state index contributed by atoms with van der Waals surface area (Å²) in [6.45, 7) is 6.85. The Morgan fingerprint density at radius 2 is 1.88 bits per heavy atom. The minimum absolute atomic E-state index is 0.0691. The second-order valence-corrected chi connectivity index (χ2v) is 4.85. The van der Waals surface area contributed by atoms with Crippen LogP contribution in [0.1, 0.15) is 27.7 Å². The first-order valence-corrected chi connectivity index (χ1v) is 5.45. The third kappa shape index (κ3) is 6.91. The minimum atomic E-state index is -0.783. The van der Waals surface area contributed by atoms with Crippen LogP contribution >= 0.6 is 0 Å². The zero-order valence-corrected chi connectivity index (χ0v) is 11.1. The summed E-state index contributed by atoms with van der Waals surface area (Å²) in [5.41, 5.74) is 4.86. The van der Waals surface area contributed by atoms with Crippen molar-refractivity contribution in [2.75, 3.05) is 13.7 Å². The summed E-state index contributed by atoms with van der Waals surface area (Å²) in [6, 6.07) is -1.44. The van der Waals surface area contributed by atoms with Crippen LogP contribution in [0.25, 0.3) is 0 Å². The fourth-order valence-electron chi connectivity index (χ4n) is 1.13. The first-order valence-electron chi connectivity index (χ1n) is 5.45. The van der Waals surface area contributed by atoms with Crippen molar-refractivity contribution in [2.45, 2.75) is 45.4 Å². The Morgan fingerprint density at radius 3 is 2.24 bits per heavy atom. The summed E-state index contributed by atoms with van der Waals surface area (Å²) in [5, 5.41) is 2.44. The zero-order valence-electron chi connectivity index (χ0n) is 11.1. The monoisotopic (exact) mass is 246 g/mol. The van der Waals surface area contributed by atoms with Gasteiger partial charge in [-0.1, -0.05) is 0 Å². The molecule has 0 radical (unpaired) electrons. The van der Waals surface area contributed by atoms with Gasteiger partial charge in [0.2, 0.25) is 0 Å². The third-order valence-electron chi connectivity index (χ3n) is 1.82. The summed E-state index contributed by atoms with van der Waals surface area (Å²) < 4.78 is 9.91. The number of hydrogen-bond donors (Lipinski definition) is 2. The molecule has 3 N–H and O–H groups in total. The summed E-state index contributed by atoms with van der Waals surface area (Å²) >= 11 is 0. The van der Waals surface area contributed by atoms with E-state index in [2.05, 4.69) is 5.32 Å². The summed E-state index contributed by atoms with van der Waals surface area (Å²) in [5.74, 6) is -0.294. The number of carbonyl (C=O) groups is 2. The van der Waals surface area contributed by atoms with Gasteiger partial charge < -0.3 is 20.5 Å². The molecule has 0 spiro atoms. The van der Waals surface area contributed by atoms with E-state index in [4.69, 9.17) is 15.2 Å². The lowest BCUT2D eigenvalue weighted by Crippen LogP contribution is -2.50. The van der Waals surface area contributed by atoms with E-state index in [1.165, 1.54) is 7.11 Å². The smallest absolute Gasteiger partial charge is 0.408 e. The van der Waals surface area contributed by atoms with Crippen LogP contribution in [0.3, 0.4) is 0 Å². The van der Waals surface area contributed by atoms with E-state index < -0.39 is 23.8 Å². The van der Waals surface area contributed by atoms with Crippen LogP contribution in [-0.4, -0.2) is 43.3 Å². The maximum absolute atomic E-state index is 11.7. The Labute approximate surface area is 102 Å². The van der Waals surface area contributed by atoms with Crippen molar-refractivity contribution in [1.29, 1.82) is 0 Å². The molecule has 100 valence electrons. The summed E-state index contributed by atoms with van der Waals surface area (Å²) in [7, 11) is 1.44. The van der Waals surface area contributed by atoms with Gasteiger partial charge in [-0.15, -0.1) is 0 Å². The number of amides is 1. The van der Waals surface area contributed by atoms with Gasteiger partial charge in [-0.05, 0) is 27.7 Å². The number of nitrogens with one attached hydrogen (secondary N) is 1. The van der Waals surface area contributed by atoms with Gasteiger partial charge in [0.25, 0.3) is 0 Å². The van der Waals surface area contributed by atoms with Crippen LogP contribution in [0, 0.1) is 0 Å². The SMILES string of the molecule is COCC(NC(=O)OC(C)(C)C)C(=O)[C@H](C)N. The van der Waals surface area contributed by atoms with Crippen molar-refractivity contribution in [3.05, 3.63) is 0 Å². The fourth-order valence-corrected chi connectivity index (χ4v) is 1.13. The second kappa shape index (κ2) is 6.56. The van der Waals surface area contributed by atoms with Gasteiger partial charge in [-0.2, -0.15) is 0 Å². The van der Waals surface area contributed by atoms with Gasteiger partial charge in [-0.25, -0.2) is 4.79 Å². The van der Waals surface area contributed by atoms with Gasteiger partial charge in [0, 0.05) is 7.11 Å². The van der Waals surface area contributed by atoms with Crippen LogP contribution in [0.5, 0.6) is 0 Å². The van der Waals surface area contributed by atoms with Gasteiger partial charge in [0.05, 0.1) is 12.6 Å². The quantitative estimate of drug-likeness (QED) is 0.734. The predicted octanol–water partition coefficient (Wildman–Crippen LogP) is 0.442. The van der Waals surface area contributed by atoms with Crippen molar-refractivity contribution in [1.82, 2.24) is 5.32 Å². The molecule has 0 heterocycles. The van der Waals surface area contributed by atoms with Crippen molar-refractivity contribution in [2.24, 2.45) is 5.73 Å². The number of carbonyl (C=O) groups excluding carboxylic acids is 2. The van der Waals surface area contributed by atoms with E-state index in [9.17, 15) is 9.59 Å². The lowest BCUT2D eigenvalue weighted by atomic mass is 10.1. The molecule has 0 aliphatic carbocycles. The predicted molar refractivity (Wildman–Crippen MR) is 63.7 cm³/mol. The highest BCUT2D eigenvalue weighted by Crippen LogP contribution is 2.07. The Bertz CT molecular complexity index is 271. The standard InChI is InChI=1S/C11H22N2O4/c1-7(12)9(14)8(6-16-5)13-10(15)17-11(2,3)4/h7-8H,6,12H2,1-5H3,(H,13,15)/t7-,8?/m0/s1. The van der Waals surface area contributed by atoms with E-state index >= 15 is 0 Å². The number of Topliss-reactive ketones (excluding diaryl/α,β-unsaturated/α-hetero) is 1. The largest absolute Gasteiger partial charge is 0.444 e. The molecule has 0 aromatic carbocycles. The molecule has 0 aliphatic rings. The van der Waals surface area contributed by atoms with E-state index in [-0.39, 0.29) is 12.4 Å². The normalized spacial score (nSPS) is 14.9. The molecular weight excluding hydrogens is 224 g/mol. The molecule has 0 bridgehead atoms. The Balaban J connectivity index is 4.45. The van der Waals surface area contributed by atoms with Crippen LogP contribution in [0.15, 0.2) is 0 Å². The van der Waals surface area contributed by atoms with E-state index in [1.807, 2.05) is 0 Å². The highest BCUT2D eigenvalue weighted by atomic mass is 16.6. The molecule has 6 heteroatoms. The van der Waals surface area contributed by atoms with Crippen molar-refractivity contribution in [3.63, 3.8) is 0 Å². The van der Waals surface area contributed by atoms with E-state index in [1.54, 1.807) is 27.7 Å². The number of hydrogen-bond acceptors (Lipinski definition) is 5. The average Bonchev–Trinajstić information content (AvgIpc) is 2.12. The van der Waals surface area contributed by atoms with Crippen LogP contribution in [0.2, 0.25) is 0 Å². The first kappa shape index (κ1) is 15.9. The van der Waals surface area contributed by atoms with Crippen molar-refractivity contribution >= 4 is 11.9 Å². The molecule has 0 rings (SSSR count). The molecule has 0 aliphatic heterocycles.